The number of benzene rings is 1. The fourth-order valence-electron chi connectivity index (χ4n) is 3.19. The van der Waals surface area contributed by atoms with Gasteiger partial charge in [-0.1, -0.05) is 17.7 Å². The Morgan fingerprint density at radius 3 is 3.00 bits per heavy atom. The van der Waals surface area contributed by atoms with E-state index in [9.17, 15) is 9.59 Å². The molecule has 0 bridgehead atoms. The van der Waals surface area contributed by atoms with Gasteiger partial charge in [0.2, 0.25) is 11.8 Å². The molecule has 0 saturated carbocycles. The number of carbonyl (C=O) groups is 2. The molecule has 1 aromatic rings. The fraction of sp³-hybridized carbons (Fsp3) is 0.529. The standard InChI is InChI=1S/C17H21ClN2O3/c1-11-14(18)5-2-6-15(11)20-8-7-13(17(20)22)16(21)19-10-12-4-3-9-23-12/h2,5-6,12-13H,3-4,7-10H2,1H3,(H,19,21). The highest BCUT2D eigenvalue weighted by atomic mass is 35.5. The molecule has 2 fully saturated rings. The van der Waals surface area contributed by atoms with E-state index in [0.29, 0.717) is 24.5 Å². The smallest absolute Gasteiger partial charge is 0.239 e. The van der Waals surface area contributed by atoms with E-state index in [4.69, 9.17) is 16.3 Å². The van der Waals surface area contributed by atoms with Crippen LogP contribution in [0.3, 0.4) is 0 Å². The molecule has 2 saturated heterocycles. The normalized spacial score (nSPS) is 24.3. The van der Waals surface area contributed by atoms with Gasteiger partial charge in [-0.05, 0) is 43.9 Å². The summed E-state index contributed by atoms with van der Waals surface area (Å²) in [6, 6.07) is 5.49. The van der Waals surface area contributed by atoms with Gasteiger partial charge in [0, 0.05) is 30.4 Å². The van der Waals surface area contributed by atoms with E-state index in [0.717, 1.165) is 30.7 Å². The molecular weight excluding hydrogens is 316 g/mol. The van der Waals surface area contributed by atoms with Crippen molar-refractivity contribution in [1.82, 2.24) is 5.32 Å². The second-order valence-corrected chi connectivity index (χ2v) is 6.50. The van der Waals surface area contributed by atoms with Crippen LogP contribution in [0.1, 0.15) is 24.8 Å². The number of rotatable bonds is 4. The number of amides is 2. The molecule has 5 nitrogen and oxygen atoms in total. The summed E-state index contributed by atoms with van der Waals surface area (Å²) in [5, 5.41) is 3.48. The van der Waals surface area contributed by atoms with Crippen LogP contribution in [0, 0.1) is 12.8 Å². The van der Waals surface area contributed by atoms with Crippen LogP contribution in [-0.4, -0.2) is 37.6 Å². The minimum atomic E-state index is -0.616. The van der Waals surface area contributed by atoms with Crippen molar-refractivity contribution in [2.24, 2.45) is 5.92 Å². The Morgan fingerprint density at radius 2 is 2.26 bits per heavy atom. The maximum absolute atomic E-state index is 12.6. The molecule has 2 heterocycles. The number of nitrogens with one attached hydrogen (secondary N) is 1. The lowest BCUT2D eigenvalue weighted by atomic mass is 10.1. The Balaban J connectivity index is 1.64. The topological polar surface area (TPSA) is 58.6 Å². The highest BCUT2D eigenvalue weighted by Crippen LogP contribution is 2.31. The molecular formula is C17H21ClN2O3. The van der Waals surface area contributed by atoms with Crippen LogP contribution in [0.25, 0.3) is 0 Å². The third-order valence-corrected chi connectivity index (χ3v) is 4.99. The van der Waals surface area contributed by atoms with Crippen molar-refractivity contribution in [1.29, 1.82) is 0 Å². The van der Waals surface area contributed by atoms with Crippen LogP contribution in [-0.2, 0) is 14.3 Å². The van der Waals surface area contributed by atoms with Crippen molar-refractivity contribution in [3.63, 3.8) is 0 Å². The molecule has 124 valence electrons. The van der Waals surface area contributed by atoms with Crippen LogP contribution < -0.4 is 10.2 Å². The van der Waals surface area contributed by atoms with Gasteiger partial charge in [0.05, 0.1) is 6.10 Å². The first-order valence-electron chi connectivity index (χ1n) is 8.03. The number of anilines is 1. The third-order valence-electron chi connectivity index (χ3n) is 4.58. The number of halogens is 1. The van der Waals surface area contributed by atoms with E-state index in [-0.39, 0.29) is 17.9 Å². The molecule has 0 radical (unpaired) electrons. The Hall–Kier alpha value is -1.59. The first-order chi connectivity index (χ1) is 11.1. The van der Waals surface area contributed by atoms with E-state index in [1.807, 2.05) is 19.1 Å². The number of nitrogens with zero attached hydrogens (tertiary/aromatic N) is 1. The zero-order chi connectivity index (χ0) is 16.4. The lowest BCUT2D eigenvalue weighted by Crippen LogP contribution is -2.40. The summed E-state index contributed by atoms with van der Waals surface area (Å²) in [7, 11) is 0. The zero-order valence-electron chi connectivity index (χ0n) is 13.2. The number of hydrogen-bond donors (Lipinski definition) is 1. The maximum atomic E-state index is 12.6. The minimum absolute atomic E-state index is 0.0849. The third kappa shape index (κ3) is 3.35. The highest BCUT2D eigenvalue weighted by molar-refractivity contribution is 6.31. The van der Waals surface area contributed by atoms with E-state index in [1.165, 1.54) is 0 Å². The molecule has 6 heteroatoms. The number of ether oxygens (including phenoxy) is 1. The molecule has 0 aromatic heterocycles. The molecule has 3 rings (SSSR count). The highest BCUT2D eigenvalue weighted by Gasteiger charge is 2.38. The van der Waals surface area contributed by atoms with Gasteiger partial charge in [0.25, 0.3) is 0 Å². The fourth-order valence-corrected chi connectivity index (χ4v) is 3.36. The van der Waals surface area contributed by atoms with Crippen LogP contribution in [0.2, 0.25) is 5.02 Å². The lowest BCUT2D eigenvalue weighted by molar-refractivity contribution is -0.132. The van der Waals surface area contributed by atoms with Gasteiger partial charge in [-0.2, -0.15) is 0 Å². The first kappa shape index (κ1) is 16.3. The summed E-state index contributed by atoms with van der Waals surface area (Å²) >= 11 is 6.13. The van der Waals surface area contributed by atoms with Crippen molar-refractivity contribution in [2.75, 3.05) is 24.6 Å². The monoisotopic (exact) mass is 336 g/mol. The summed E-state index contributed by atoms with van der Waals surface area (Å²) in [4.78, 5) is 26.6. The van der Waals surface area contributed by atoms with Crippen molar-refractivity contribution in [2.45, 2.75) is 32.3 Å². The lowest BCUT2D eigenvalue weighted by Gasteiger charge is -2.20. The predicted molar refractivity (Wildman–Crippen MR) is 88.6 cm³/mol. The van der Waals surface area contributed by atoms with Gasteiger partial charge < -0.3 is 15.0 Å². The van der Waals surface area contributed by atoms with Crippen molar-refractivity contribution < 1.29 is 14.3 Å². The van der Waals surface area contributed by atoms with Gasteiger partial charge in [0.15, 0.2) is 0 Å². The van der Waals surface area contributed by atoms with Crippen LogP contribution in [0.15, 0.2) is 18.2 Å². The maximum Gasteiger partial charge on any atom is 0.239 e. The van der Waals surface area contributed by atoms with Gasteiger partial charge in [-0.15, -0.1) is 0 Å². The Morgan fingerprint density at radius 1 is 1.43 bits per heavy atom. The second-order valence-electron chi connectivity index (χ2n) is 6.10. The average molecular weight is 337 g/mol. The molecule has 1 aromatic carbocycles. The molecule has 2 amide bonds. The number of hydrogen-bond acceptors (Lipinski definition) is 3. The van der Waals surface area contributed by atoms with Gasteiger partial charge in [-0.3, -0.25) is 9.59 Å². The largest absolute Gasteiger partial charge is 0.376 e. The van der Waals surface area contributed by atoms with Gasteiger partial charge in [-0.25, -0.2) is 0 Å². The summed E-state index contributed by atoms with van der Waals surface area (Å²) in [6.45, 7) is 3.66. The quantitative estimate of drug-likeness (QED) is 0.858. The summed E-state index contributed by atoms with van der Waals surface area (Å²) in [6.07, 6.45) is 2.61. The van der Waals surface area contributed by atoms with E-state index < -0.39 is 5.92 Å². The van der Waals surface area contributed by atoms with Gasteiger partial charge >= 0.3 is 0 Å². The van der Waals surface area contributed by atoms with E-state index in [2.05, 4.69) is 5.32 Å². The SMILES string of the molecule is Cc1c(Cl)cccc1N1CCC(C(=O)NCC2CCCO2)C1=O. The molecule has 2 atom stereocenters. The zero-order valence-corrected chi connectivity index (χ0v) is 13.9. The van der Waals surface area contributed by atoms with Gasteiger partial charge in [0.1, 0.15) is 5.92 Å². The second kappa shape index (κ2) is 6.89. The number of carbonyl (C=O) groups excluding carboxylic acids is 2. The van der Waals surface area contributed by atoms with Crippen molar-refractivity contribution in [3.05, 3.63) is 28.8 Å². The van der Waals surface area contributed by atoms with Crippen molar-refractivity contribution in [3.8, 4) is 0 Å². The molecule has 0 spiro atoms. The molecule has 23 heavy (non-hydrogen) atoms. The van der Waals surface area contributed by atoms with Crippen LogP contribution >= 0.6 is 11.6 Å². The molecule has 0 aliphatic carbocycles. The summed E-state index contributed by atoms with van der Waals surface area (Å²) in [5.41, 5.74) is 1.65. The Kier molecular flexibility index (Phi) is 4.87. The average Bonchev–Trinajstić information content (AvgIpc) is 3.18. The van der Waals surface area contributed by atoms with E-state index >= 15 is 0 Å². The minimum Gasteiger partial charge on any atom is -0.376 e. The van der Waals surface area contributed by atoms with E-state index in [1.54, 1.807) is 11.0 Å². The molecule has 2 aliphatic rings. The summed E-state index contributed by atoms with van der Waals surface area (Å²) < 4.78 is 5.49. The Bertz CT molecular complexity index is 614. The first-order valence-corrected chi connectivity index (χ1v) is 8.41. The van der Waals surface area contributed by atoms with Crippen LogP contribution in [0.5, 0.6) is 0 Å². The van der Waals surface area contributed by atoms with Crippen molar-refractivity contribution >= 4 is 29.1 Å². The summed E-state index contributed by atoms with van der Waals surface area (Å²) in [5.74, 6) is -0.970. The predicted octanol–water partition coefficient (Wildman–Crippen LogP) is 2.30. The molecule has 1 N–H and O–H groups in total. The Labute approximate surface area is 140 Å². The molecule has 2 aliphatic heterocycles. The van der Waals surface area contributed by atoms with Crippen LogP contribution in [0.4, 0.5) is 5.69 Å². The molecule has 2 unspecified atom stereocenters.